The number of amidine groups is 1. The molecule has 0 aliphatic carbocycles. The molecular formula is C26H24Cl2N2O3. The average Bonchev–Trinajstić information content (AvgIpc) is 3.26. The lowest BCUT2D eigenvalue weighted by Gasteiger charge is -2.20. The molecule has 1 heterocycles. The number of esters is 1. The highest BCUT2D eigenvalue weighted by Crippen LogP contribution is 2.38. The number of hydrogen-bond acceptors (Lipinski definition) is 5. The summed E-state index contributed by atoms with van der Waals surface area (Å²) in [6, 6.07) is 20.7. The fraction of sp³-hybridized carbons (Fsp3) is 0.231. The van der Waals surface area contributed by atoms with Crippen LogP contribution in [-0.2, 0) is 16.1 Å². The summed E-state index contributed by atoms with van der Waals surface area (Å²) in [5, 5.41) is 4.90. The summed E-state index contributed by atoms with van der Waals surface area (Å²) >= 11 is 12.2. The lowest BCUT2D eigenvalue weighted by atomic mass is 9.95. The topological polar surface area (TPSA) is 59.9 Å². The van der Waals surface area contributed by atoms with E-state index >= 15 is 0 Å². The third kappa shape index (κ3) is 5.38. The Balaban J connectivity index is 1.76. The zero-order valence-corrected chi connectivity index (χ0v) is 19.9. The number of carbonyl (C=O) groups excluding carboxylic acids is 1. The van der Waals surface area contributed by atoms with Gasteiger partial charge in [-0.05, 0) is 66.1 Å². The van der Waals surface area contributed by atoms with Crippen molar-refractivity contribution in [3.8, 4) is 0 Å². The highest BCUT2D eigenvalue weighted by Gasteiger charge is 2.32. The van der Waals surface area contributed by atoms with Gasteiger partial charge in [0.15, 0.2) is 0 Å². The van der Waals surface area contributed by atoms with Crippen molar-refractivity contribution in [1.82, 2.24) is 5.32 Å². The van der Waals surface area contributed by atoms with Crippen LogP contribution in [0.5, 0.6) is 0 Å². The van der Waals surface area contributed by atoms with Crippen LogP contribution in [-0.4, -0.2) is 25.5 Å². The van der Waals surface area contributed by atoms with Crippen molar-refractivity contribution in [1.29, 1.82) is 0 Å². The monoisotopic (exact) mass is 482 g/mol. The molecule has 33 heavy (non-hydrogen) atoms. The van der Waals surface area contributed by atoms with Gasteiger partial charge in [0.05, 0.1) is 24.8 Å². The van der Waals surface area contributed by atoms with E-state index in [4.69, 9.17) is 37.7 Å². The molecule has 0 amide bonds. The highest BCUT2D eigenvalue weighted by molar-refractivity contribution is 6.30. The Morgan fingerprint density at radius 3 is 2.21 bits per heavy atom. The number of aliphatic imine (C=N–C) groups is 1. The Bertz CT molecular complexity index is 1160. The molecule has 5 nitrogen and oxygen atoms in total. The van der Waals surface area contributed by atoms with Crippen LogP contribution in [0, 0.1) is 0 Å². The molecule has 0 radical (unpaired) electrons. The number of nitrogens with one attached hydrogen (secondary N) is 1. The molecule has 4 rings (SSSR count). The van der Waals surface area contributed by atoms with Gasteiger partial charge in [-0.1, -0.05) is 47.5 Å². The van der Waals surface area contributed by atoms with Crippen molar-refractivity contribution in [3.05, 3.63) is 105 Å². The molecule has 0 bridgehead atoms. The Morgan fingerprint density at radius 1 is 0.970 bits per heavy atom. The third-order valence-corrected chi connectivity index (χ3v) is 5.91. The maximum Gasteiger partial charge on any atom is 0.338 e. The summed E-state index contributed by atoms with van der Waals surface area (Å²) in [5.41, 5.74) is 4.20. The van der Waals surface area contributed by atoms with Gasteiger partial charge in [0.2, 0.25) is 0 Å². The van der Waals surface area contributed by atoms with Gasteiger partial charge in [-0.25, -0.2) is 4.79 Å². The van der Waals surface area contributed by atoms with Crippen LogP contribution >= 0.6 is 23.2 Å². The standard InChI is InChI=1S/C26H24Cl2N2O3/c1-3-33-26(31)20-13-16(15-32-2)12-19(14-20)25-29-23(17-4-8-21(27)9-5-17)24(30-25)18-6-10-22(28)11-7-18/h4-14,23-24H,3,15H2,1-2H3,(H,29,30). The van der Waals surface area contributed by atoms with E-state index in [0.29, 0.717) is 34.7 Å². The van der Waals surface area contributed by atoms with E-state index in [-0.39, 0.29) is 18.1 Å². The molecule has 0 fully saturated rings. The van der Waals surface area contributed by atoms with Gasteiger partial charge in [-0.15, -0.1) is 0 Å². The minimum absolute atomic E-state index is 0.115. The second-order valence-corrected chi connectivity index (χ2v) is 8.59. The summed E-state index contributed by atoms with van der Waals surface area (Å²) < 4.78 is 10.5. The molecule has 1 N–H and O–H groups in total. The Morgan fingerprint density at radius 2 is 1.61 bits per heavy atom. The van der Waals surface area contributed by atoms with Crippen molar-refractivity contribution in [2.45, 2.75) is 25.6 Å². The van der Waals surface area contributed by atoms with Crippen molar-refractivity contribution in [3.63, 3.8) is 0 Å². The number of rotatable bonds is 7. The zero-order chi connectivity index (χ0) is 23.4. The quantitative estimate of drug-likeness (QED) is 0.410. The van der Waals surface area contributed by atoms with E-state index < -0.39 is 0 Å². The minimum atomic E-state index is -0.376. The van der Waals surface area contributed by atoms with Crippen molar-refractivity contribution >= 4 is 35.0 Å². The molecule has 0 saturated carbocycles. The molecule has 0 saturated heterocycles. The van der Waals surface area contributed by atoms with E-state index in [1.807, 2.05) is 54.6 Å². The van der Waals surface area contributed by atoms with Crippen LogP contribution in [0.2, 0.25) is 10.0 Å². The second kappa shape index (κ2) is 10.4. The van der Waals surface area contributed by atoms with Crippen LogP contribution in [0.3, 0.4) is 0 Å². The molecule has 2 atom stereocenters. The minimum Gasteiger partial charge on any atom is -0.462 e. The van der Waals surface area contributed by atoms with E-state index in [0.717, 1.165) is 22.3 Å². The molecule has 1 aliphatic heterocycles. The molecule has 7 heteroatoms. The van der Waals surface area contributed by atoms with Crippen LogP contribution in [0.25, 0.3) is 0 Å². The molecule has 3 aromatic carbocycles. The lowest BCUT2D eigenvalue weighted by molar-refractivity contribution is 0.0526. The molecule has 2 unspecified atom stereocenters. The first-order chi connectivity index (χ1) is 16.0. The Labute approximate surface area is 203 Å². The van der Waals surface area contributed by atoms with E-state index in [1.165, 1.54) is 0 Å². The fourth-order valence-corrected chi connectivity index (χ4v) is 4.16. The first kappa shape index (κ1) is 23.3. The van der Waals surface area contributed by atoms with Gasteiger partial charge in [-0.2, -0.15) is 0 Å². The number of benzene rings is 3. The maximum atomic E-state index is 12.5. The molecular weight excluding hydrogens is 459 g/mol. The van der Waals surface area contributed by atoms with Crippen LogP contribution in [0.4, 0.5) is 0 Å². The molecule has 170 valence electrons. The number of nitrogens with zero attached hydrogens (tertiary/aromatic N) is 1. The fourth-order valence-electron chi connectivity index (χ4n) is 3.91. The molecule has 0 aromatic heterocycles. The summed E-state index contributed by atoms with van der Waals surface area (Å²) in [4.78, 5) is 17.5. The van der Waals surface area contributed by atoms with Gasteiger partial charge in [0, 0.05) is 22.7 Å². The maximum absolute atomic E-state index is 12.5. The summed E-state index contributed by atoms with van der Waals surface area (Å²) in [6.07, 6.45) is 0. The van der Waals surface area contributed by atoms with Gasteiger partial charge in [0.25, 0.3) is 0 Å². The predicted octanol–water partition coefficient (Wildman–Crippen LogP) is 6.15. The van der Waals surface area contributed by atoms with Crippen LogP contribution < -0.4 is 5.32 Å². The third-order valence-electron chi connectivity index (χ3n) is 5.41. The number of methoxy groups -OCH3 is 1. The van der Waals surface area contributed by atoms with E-state index in [2.05, 4.69) is 5.32 Å². The van der Waals surface area contributed by atoms with Gasteiger partial charge in [0.1, 0.15) is 11.9 Å². The van der Waals surface area contributed by atoms with E-state index in [9.17, 15) is 4.79 Å². The average molecular weight is 483 g/mol. The van der Waals surface area contributed by atoms with Crippen molar-refractivity contribution in [2.75, 3.05) is 13.7 Å². The normalized spacial score (nSPS) is 17.4. The Hall–Kier alpha value is -2.86. The van der Waals surface area contributed by atoms with Crippen molar-refractivity contribution in [2.24, 2.45) is 4.99 Å². The molecule has 0 spiro atoms. The molecule has 3 aromatic rings. The first-order valence-corrected chi connectivity index (χ1v) is 11.4. The molecule has 1 aliphatic rings. The highest BCUT2D eigenvalue weighted by atomic mass is 35.5. The number of carbonyl (C=O) groups is 1. The lowest BCUT2D eigenvalue weighted by Crippen LogP contribution is -2.25. The van der Waals surface area contributed by atoms with Gasteiger partial charge >= 0.3 is 5.97 Å². The zero-order valence-electron chi connectivity index (χ0n) is 18.3. The SMILES string of the molecule is CCOC(=O)c1cc(COC)cc(C2=NC(c3ccc(Cl)cc3)C(c3ccc(Cl)cc3)N2)c1. The predicted molar refractivity (Wildman–Crippen MR) is 131 cm³/mol. The van der Waals surface area contributed by atoms with Crippen LogP contribution in [0.15, 0.2) is 71.7 Å². The number of ether oxygens (including phenoxy) is 2. The Kier molecular flexibility index (Phi) is 7.33. The van der Waals surface area contributed by atoms with Gasteiger partial charge in [-0.3, -0.25) is 4.99 Å². The van der Waals surface area contributed by atoms with Gasteiger partial charge < -0.3 is 14.8 Å². The van der Waals surface area contributed by atoms with Crippen molar-refractivity contribution < 1.29 is 14.3 Å². The second-order valence-electron chi connectivity index (χ2n) is 7.72. The summed E-state index contributed by atoms with van der Waals surface area (Å²) in [5.74, 6) is 0.317. The largest absolute Gasteiger partial charge is 0.462 e. The number of hydrogen-bond donors (Lipinski definition) is 1. The van der Waals surface area contributed by atoms with E-state index in [1.54, 1.807) is 26.2 Å². The smallest absolute Gasteiger partial charge is 0.338 e. The summed E-state index contributed by atoms with van der Waals surface area (Å²) in [7, 11) is 1.62. The van der Waals surface area contributed by atoms with Crippen LogP contribution in [0.1, 0.15) is 51.6 Å². The first-order valence-electron chi connectivity index (χ1n) is 10.6. The summed E-state index contributed by atoms with van der Waals surface area (Å²) in [6.45, 7) is 2.46. The number of halogens is 2.